The van der Waals surface area contributed by atoms with Crippen molar-refractivity contribution in [1.29, 1.82) is 0 Å². The van der Waals surface area contributed by atoms with E-state index in [0.717, 1.165) is 5.69 Å². The molecule has 0 N–H and O–H groups in total. The number of hydrogen-bond acceptors (Lipinski definition) is 3. The monoisotopic (exact) mass is 186 g/mol. The first-order valence-corrected chi connectivity index (χ1v) is 4.82. The molecule has 0 bridgehead atoms. The first-order chi connectivity index (χ1) is 6.45. The van der Waals surface area contributed by atoms with Crippen LogP contribution in [-0.4, -0.2) is 0 Å². The average molecular weight is 186 g/mol. The van der Waals surface area contributed by atoms with Crippen molar-refractivity contribution in [1.82, 2.24) is 0 Å². The predicted molar refractivity (Wildman–Crippen MR) is 54.3 cm³/mol. The third-order valence-electron chi connectivity index (χ3n) is 2.13. The normalized spacial score (nSPS) is 13.5. The maximum Gasteiger partial charge on any atom is 0.0953 e. The van der Waals surface area contributed by atoms with Crippen LogP contribution >= 0.6 is 11.9 Å². The van der Waals surface area contributed by atoms with Crippen LogP contribution in [0.15, 0.2) is 50.9 Å². The van der Waals surface area contributed by atoms with Crippen LogP contribution in [0.1, 0.15) is 0 Å². The van der Waals surface area contributed by atoms with Crippen LogP contribution in [0, 0.1) is 0 Å². The van der Waals surface area contributed by atoms with Crippen molar-refractivity contribution in [3.8, 4) is 0 Å². The van der Waals surface area contributed by atoms with Crippen molar-refractivity contribution in [2.75, 3.05) is 0 Å². The fourth-order valence-corrected chi connectivity index (χ4v) is 2.23. The second-order valence-corrected chi connectivity index (χ2v) is 3.69. The van der Waals surface area contributed by atoms with Gasteiger partial charge < -0.3 is 0 Å². The Balaban J connectivity index is 2.56. The fraction of sp³-hybridized carbons (Fsp3) is 0. The molecule has 1 aliphatic heterocycles. The van der Waals surface area contributed by atoms with Crippen molar-refractivity contribution in [2.45, 2.75) is 4.90 Å². The molecule has 13 heavy (non-hydrogen) atoms. The fourth-order valence-electron chi connectivity index (χ4n) is 1.56. The molecule has 0 atom stereocenters. The molecule has 1 heterocycles. The predicted octanol–water partition coefficient (Wildman–Crippen LogP) is 3.94. The molecule has 0 unspecified atom stereocenters. The summed E-state index contributed by atoms with van der Waals surface area (Å²) in [6.45, 7) is 0. The molecule has 2 aromatic rings. The molecular formula is C10H6N2S. The first-order valence-electron chi connectivity index (χ1n) is 4.05. The molecule has 1 aliphatic rings. The maximum absolute atomic E-state index is 4.10. The molecule has 0 fully saturated rings. The highest BCUT2D eigenvalue weighted by Crippen LogP contribution is 2.39. The second-order valence-electron chi connectivity index (χ2n) is 2.90. The number of benzene rings is 2. The van der Waals surface area contributed by atoms with E-state index in [-0.39, 0.29) is 0 Å². The minimum atomic E-state index is 0.979. The molecule has 0 aliphatic carbocycles. The van der Waals surface area contributed by atoms with E-state index in [2.05, 4.69) is 33.9 Å². The van der Waals surface area contributed by atoms with Crippen molar-refractivity contribution >= 4 is 28.4 Å². The van der Waals surface area contributed by atoms with Gasteiger partial charge in [-0.15, -0.1) is 9.63 Å². The zero-order chi connectivity index (χ0) is 8.67. The Kier molecular flexibility index (Phi) is 1.40. The molecule has 3 rings (SSSR count). The van der Waals surface area contributed by atoms with Gasteiger partial charge in [-0.05, 0) is 17.5 Å². The number of nitrogens with zero attached hydrogens (tertiary/aromatic N) is 2. The third-order valence-corrected chi connectivity index (χ3v) is 2.83. The lowest BCUT2D eigenvalue weighted by molar-refractivity contribution is 1.31. The molecule has 0 saturated heterocycles. The van der Waals surface area contributed by atoms with Gasteiger partial charge in [-0.25, -0.2) is 0 Å². The lowest BCUT2D eigenvalue weighted by Gasteiger charge is -2.08. The highest BCUT2D eigenvalue weighted by Gasteiger charge is 2.09. The minimum absolute atomic E-state index is 0.979. The Labute approximate surface area is 79.8 Å². The quantitative estimate of drug-likeness (QED) is 0.572. The van der Waals surface area contributed by atoms with Crippen LogP contribution in [0.25, 0.3) is 10.8 Å². The van der Waals surface area contributed by atoms with E-state index in [1.807, 2.05) is 12.1 Å². The first kappa shape index (κ1) is 7.09. The summed E-state index contributed by atoms with van der Waals surface area (Å²) < 4.78 is 3.99. The Bertz CT molecular complexity index is 500. The van der Waals surface area contributed by atoms with Crippen LogP contribution in [0.3, 0.4) is 0 Å². The molecular weight excluding hydrogens is 180 g/mol. The lowest BCUT2D eigenvalue weighted by atomic mass is 10.1. The van der Waals surface area contributed by atoms with Crippen molar-refractivity contribution in [3.05, 3.63) is 36.4 Å². The third kappa shape index (κ3) is 0.971. The summed E-state index contributed by atoms with van der Waals surface area (Å²) >= 11 is 1.44. The number of hydrogen-bond donors (Lipinski definition) is 0. The van der Waals surface area contributed by atoms with Crippen LogP contribution in [0.5, 0.6) is 0 Å². The minimum Gasteiger partial charge on any atom is -0.143 e. The molecule has 0 aromatic heterocycles. The van der Waals surface area contributed by atoms with E-state index < -0.39 is 0 Å². The second kappa shape index (κ2) is 2.57. The average Bonchev–Trinajstić information content (AvgIpc) is 2.19. The van der Waals surface area contributed by atoms with Gasteiger partial charge in [0.25, 0.3) is 0 Å². The van der Waals surface area contributed by atoms with E-state index in [0.29, 0.717) is 0 Å². The molecule has 2 aromatic carbocycles. The Morgan fingerprint density at radius 3 is 2.77 bits per heavy atom. The summed E-state index contributed by atoms with van der Waals surface area (Å²) in [5.74, 6) is 0. The van der Waals surface area contributed by atoms with E-state index in [9.17, 15) is 0 Å². The van der Waals surface area contributed by atoms with Crippen LogP contribution < -0.4 is 0 Å². The lowest BCUT2D eigenvalue weighted by Crippen LogP contribution is -1.80. The molecule has 2 nitrogen and oxygen atoms in total. The largest absolute Gasteiger partial charge is 0.143 e. The van der Waals surface area contributed by atoms with Crippen molar-refractivity contribution < 1.29 is 0 Å². The maximum atomic E-state index is 4.10. The van der Waals surface area contributed by atoms with Crippen LogP contribution in [0.4, 0.5) is 5.69 Å². The summed E-state index contributed by atoms with van der Waals surface area (Å²) in [5, 5.41) is 6.56. The Morgan fingerprint density at radius 2 is 1.85 bits per heavy atom. The molecule has 0 amide bonds. The van der Waals surface area contributed by atoms with E-state index in [1.165, 1.54) is 27.6 Å². The highest BCUT2D eigenvalue weighted by atomic mass is 32.2. The van der Waals surface area contributed by atoms with Gasteiger partial charge in [0.15, 0.2) is 0 Å². The molecule has 3 heteroatoms. The molecule has 0 radical (unpaired) electrons. The van der Waals surface area contributed by atoms with Gasteiger partial charge in [0.2, 0.25) is 0 Å². The zero-order valence-electron chi connectivity index (χ0n) is 6.77. The number of rotatable bonds is 0. The highest BCUT2D eigenvalue weighted by molar-refractivity contribution is 7.98. The van der Waals surface area contributed by atoms with Crippen LogP contribution in [0.2, 0.25) is 0 Å². The smallest absolute Gasteiger partial charge is 0.0953 e. The van der Waals surface area contributed by atoms with Gasteiger partial charge in [0.05, 0.1) is 5.69 Å². The van der Waals surface area contributed by atoms with Gasteiger partial charge in [0.1, 0.15) is 0 Å². The summed E-state index contributed by atoms with van der Waals surface area (Å²) in [4.78, 5) is 1.20. The van der Waals surface area contributed by atoms with Gasteiger partial charge in [0, 0.05) is 22.2 Å². The van der Waals surface area contributed by atoms with Gasteiger partial charge in [-0.2, -0.15) is 0 Å². The van der Waals surface area contributed by atoms with Crippen LogP contribution in [-0.2, 0) is 0 Å². The van der Waals surface area contributed by atoms with E-state index in [4.69, 9.17) is 0 Å². The molecule has 0 spiro atoms. The zero-order valence-corrected chi connectivity index (χ0v) is 7.58. The Morgan fingerprint density at radius 1 is 1.00 bits per heavy atom. The van der Waals surface area contributed by atoms with Crippen molar-refractivity contribution in [2.24, 2.45) is 9.63 Å². The Hall–Kier alpha value is -1.35. The van der Waals surface area contributed by atoms with E-state index in [1.54, 1.807) is 0 Å². The summed E-state index contributed by atoms with van der Waals surface area (Å²) in [7, 11) is 0. The van der Waals surface area contributed by atoms with Gasteiger partial charge >= 0.3 is 0 Å². The summed E-state index contributed by atoms with van der Waals surface area (Å²) in [6, 6.07) is 12.3. The molecule has 62 valence electrons. The van der Waals surface area contributed by atoms with Gasteiger partial charge in [-0.3, -0.25) is 0 Å². The summed E-state index contributed by atoms with van der Waals surface area (Å²) in [5.41, 5.74) is 0.979. The SMILES string of the molecule is c1cc2c3c(cccc3c1)SN=N2. The molecule has 0 saturated carbocycles. The standard InChI is InChI=1S/C10H6N2S/c1-3-7-4-2-6-9-10(7)8(5-1)11-12-13-9/h1-6H. The van der Waals surface area contributed by atoms with Crippen molar-refractivity contribution in [3.63, 3.8) is 0 Å². The summed E-state index contributed by atoms with van der Waals surface area (Å²) in [6.07, 6.45) is 0. The van der Waals surface area contributed by atoms with Gasteiger partial charge in [-0.1, -0.05) is 24.3 Å². The topological polar surface area (TPSA) is 24.7 Å². The van der Waals surface area contributed by atoms with E-state index >= 15 is 0 Å².